The molecule has 0 aromatic carbocycles. The lowest BCUT2D eigenvalue weighted by Crippen LogP contribution is -2.37. The van der Waals surface area contributed by atoms with E-state index in [1.165, 1.54) is 32.1 Å². The molecule has 3 rings (SSSR count). The van der Waals surface area contributed by atoms with Crippen molar-refractivity contribution in [3.63, 3.8) is 0 Å². The van der Waals surface area contributed by atoms with E-state index in [2.05, 4.69) is 29.5 Å². The Kier molecular flexibility index (Phi) is 8.29. The third-order valence-corrected chi connectivity index (χ3v) is 7.03. The van der Waals surface area contributed by atoms with Crippen LogP contribution in [-0.2, 0) is 0 Å². The number of nitrogens with one attached hydrogen (secondary N) is 2. The molecule has 4 atom stereocenters. The topological polar surface area (TPSA) is 71.1 Å². The molecule has 0 spiro atoms. The van der Waals surface area contributed by atoms with Gasteiger partial charge in [-0.2, -0.15) is 0 Å². The lowest BCUT2D eigenvalue weighted by Gasteiger charge is -2.18. The number of aryl methyl sites for hydroxylation is 1. The van der Waals surface area contributed by atoms with Crippen molar-refractivity contribution in [3.8, 4) is 0 Å². The van der Waals surface area contributed by atoms with E-state index in [1.807, 2.05) is 6.92 Å². The summed E-state index contributed by atoms with van der Waals surface area (Å²) in [6.45, 7) is 6.45. The van der Waals surface area contributed by atoms with Crippen molar-refractivity contribution in [3.05, 3.63) is 29.1 Å². The molecule has 166 valence electrons. The monoisotopic (exact) mass is 413 g/mol. The van der Waals surface area contributed by atoms with Gasteiger partial charge in [0.25, 0.3) is 11.8 Å². The third-order valence-electron chi connectivity index (χ3n) is 7.03. The minimum atomic E-state index is -0.160. The highest BCUT2D eigenvalue weighted by molar-refractivity contribution is 5.96. The van der Waals surface area contributed by atoms with Crippen molar-refractivity contribution in [1.82, 2.24) is 15.6 Å². The summed E-state index contributed by atoms with van der Waals surface area (Å²) >= 11 is 0. The van der Waals surface area contributed by atoms with Crippen LogP contribution in [0.5, 0.6) is 0 Å². The normalized spacial score (nSPS) is 27.6. The Balaban J connectivity index is 1.62. The fourth-order valence-electron chi connectivity index (χ4n) is 4.98. The van der Waals surface area contributed by atoms with E-state index in [0.29, 0.717) is 11.4 Å². The van der Waals surface area contributed by atoms with Crippen LogP contribution in [0.15, 0.2) is 12.1 Å². The van der Waals surface area contributed by atoms with Crippen LogP contribution in [0.2, 0.25) is 0 Å². The second-order valence-corrected chi connectivity index (χ2v) is 9.65. The molecule has 1 heterocycles. The highest BCUT2D eigenvalue weighted by Gasteiger charge is 2.23. The maximum absolute atomic E-state index is 12.9. The smallest absolute Gasteiger partial charge is 0.270 e. The molecule has 4 unspecified atom stereocenters. The van der Waals surface area contributed by atoms with Gasteiger partial charge in [0, 0.05) is 12.1 Å². The predicted octanol–water partition coefficient (Wildman–Crippen LogP) is 5.18. The number of aromatic nitrogens is 1. The quantitative estimate of drug-likeness (QED) is 0.654. The standard InChI is InChI=1S/C25H39N3O2/c1-4-19-8-6-10-21(14-12-19)27-25(30)23-16-18(3)15-22(28-23)24(29)26-20-9-5-7-17(2)11-13-20/h15-17,19-21H,4-14H2,1-3H3,(H,26,29)(H,27,30). The molecule has 0 radical (unpaired) electrons. The summed E-state index contributed by atoms with van der Waals surface area (Å²) in [6.07, 6.45) is 12.5. The van der Waals surface area contributed by atoms with Gasteiger partial charge in [-0.25, -0.2) is 4.98 Å². The molecule has 2 fully saturated rings. The highest BCUT2D eigenvalue weighted by atomic mass is 16.2. The molecule has 5 nitrogen and oxygen atoms in total. The summed E-state index contributed by atoms with van der Waals surface area (Å²) < 4.78 is 0. The van der Waals surface area contributed by atoms with Gasteiger partial charge in [0.1, 0.15) is 11.4 Å². The van der Waals surface area contributed by atoms with Crippen molar-refractivity contribution < 1.29 is 9.59 Å². The summed E-state index contributed by atoms with van der Waals surface area (Å²) in [7, 11) is 0. The van der Waals surface area contributed by atoms with Gasteiger partial charge in [0.15, 0.2) is 0 Å². The van der Waals surface area contributed by atoms with Crippen LogP contribution in [0.4, 0.5) is 0 Å². The first kappa shape index (κ1) is 22.8. The van der Waals surface area contributed by atoms with E-state index >= 15 is 0 Å². The summed E-state index contributed by atoms with van der Waals surface area (Å²) in [4.78, 5) is 30.1. The van der Waals surface area contributed by atoms with Crippen LogP contribution in [0.3, 0.4) is 0 Å². The summed E-state index contributed by atoms with van der Waals surface area (Å²) in [5.41, 5.74) is 1.59. The van der Waals surface area contributed by atoms with Crippen LogP contribution < -0.4 is 10.6 Å². The molecular formula is C25H39N3O2. The van der Waals surface area contributed by atoms with Gasteiger partial charge in [0.2, 0.25) is 0 Å². The van der Waals surface area contributed by atoms with Gasteiger partial charge in [-0.1, -0.05) is 46.0 Å². The van der Waals surface area contributed by atoms with Gasteiger partial charge < -0.3 is 10.6 Å². The lowest BCUT2D eigenvalue weighted by atomic mass is 9.98. The minimum Gasteiger partial charge on any atom is -0.348 e. The lowest BCUT2D eigenvalue weighted by molar-refractivity contribution is 0.0923. The molecular weight excluding hydrogens is 374 g/mol. The van der Waals surface area contributed by atoms with Gasteiger partial charge in [0.05, 0.1) is 0 Å². The Morgan fingerprint density at radius 2 is 1.43 bits per heavy atom. The molecule has 0 bridgehead atoms. The fourth-order valence-corrected chi connectivity index (χ4v) is 4.98. The average Bonchev–Trinajstić information content (AvgIpc) is 3.07. The molecule has 1 aromatic heterocycles. The molecule has 30 heavy (non-hydrogen) atoms. The maximum Gasteiger partial charge on any atom is 0.270 e. The van der Waals surface area contributed by atoms with E-state index in [1.54, 1.807) is 12.1 Å². The molecule has 0 aliphatic heterocycles. The molecule has 5 heteroatoms. The largest absolute Gasteiger partial charge is 0.348 e. The molecule has 2 aliphatic rings. The minimum absolute atomic E-state index is 0.156. The molecule has 2 saturated carbocycles. The van der Waals surface area contributed by atoms with Crippen molar-refractivity contribution in [1.29, 1.82) is 0 Å². The highest BCUT2D eigenvalue weighted by Crippen LogP contribution is 2.26. The number of nitrogens with zero attached hydrogens (tertiary/aromatic N) is 1. The number of carbonyl (C=O) groups is 2. The average molecular weight is 414 g/mol. The van der Waals surface area contributed by atoms with E-state index in [9.17, 15) is 9.59 Å². The second-order valence-electron chi connectivity index (χ2n) is 9.65. The SMILES string of the molecule is CCC1CCCC(NC(=O)c2cc(C)cc(C(=O)NC3CCCC(C)CC3)n2)CC1. The van der Waals surface area contributed by atoms with Crippen molar-refractivity contribution >= 4 is 11.8 Å². The summed E-state index contributed by atoms with van der Waals surface area (Å²) in [5, 5.41) is 6.33. The van der Waals surface area contributed by atoms with Gasteiger partial charge >= 0.3 is 0 Å². The number of hydrogen-bond donors (Lipinski definition) is 2. The van der Waals surface area contributed by atoms with E-state index in [0.717, 1.165) is 55.9 Å². The number of amides is 2. The van der Waals surface area contributed by atoms with Crippen LogP contribution in [0.1, 0.15) is 111 Å². The Bertz CT molecular complexity index is 733. The number of carbonyl (C=O) groups excluding carboxylic acids is 2. The Morgan fingerprint density at radius 3 is 2.03 bits per heavy atom. The van der Waals surface area contributed by atoms with Crippen molar-refractivity contribution in [2.45, 2.75) is 103 Å². The first-order valence-electron chi connectivity index (χ1n) is 12.0. The molecule has 2 amide bonds. The zero-order valence-electron chi connectivity index (χ0n) is 19.0. The second kappa shape index (κ2) is 10.9. The zero-order valence-corrected chi connectivity index (χ0v) is 19.0. The number of hydrogen-bond acceptors (Lipinski definition) is 3. The Labute approximate surface area is 181 Å². The van der Waals surface area contributed by atoms with Crippen molar-refractivity contribution in [2.75, 3.05) is 0 Å². The summed E-state index contributed by atoms with van der Waals surface area (Å²) in [6, 6.07) is 3.98. The van der Waals surface area contributed by atoms with Gasteiger partial charge in [-0.3, -0.25) is 9.59 Å². The Hall–Kier alpha value is -1.91. The van der Waals surface area contributed by atoms with Crippen LogP contribution >= 0.6 is 0 Å². The van der Waals surface area contributed by atoms with E-state index in [4.69, 9.17) is 0 Å². The van der Waals surface area contributed by atoms with Crippen LogP contribution in [0, 0.1) is 18.8 Å². The van der Waals surface area contributed by atoms with Crippen molar-refractivity contribution in [2.24, 2.45) is 11.8 Å². The van der Waals surface area contributed by atoms with Crippen LogP contribution in [-0.4, -0.2) is 28.9 Å². The van der Waals surface area contributed by atoms with Crippen LogP contribution in [0.25, 0.3) is 0 Å². The van der Waals surface area contributed by atoms with Gasteiger partial charge in [-0.15, -0.1) is 0 Å². The number of rotatable bonds is 5. The Morgan fingerprint density at radius 1 is 0.867 bits per heavy atom. The first-order valence-corrected chi connectivity index (χ1v) is 12.0. The van der Waals surface area contributed by atoms with Gasteiger partial charge in [-0.05, 0) is 75.0 Å². The fraction of sp³-hybridized carbons (Fsp3) is 0.720. The maximum atomic E-state index is 12.9. The molecule has 0 saturated heterocycles. The molecule has 2 N–H and O–H groups in total. The van der Waals surface area contributed by atoms with E-state index in [-0.39, 0.29) is 23.9 Å². The summed E-state index contributed by atoms with van der Waals surface area (Å²) in [5.74, 6) is 1.20. The number of pyridine rings is 1. The predicted molar refractivity (Wildman–Crippen MR) is 121 cm³/mol. The first-order chi connectivity index (χ1) is 14.4. The third kappa shape index (κ3) is 6.55. The molecule has 1 aromatic rings. The van der Waals surface area contributed by atoms with E-state index < -0.39 is 0 Å². The zero-order chi connectivity index (χ0) is 21.5. The molecule has 2 aliphatic carbocycles.